The van der Waals surface area contributed by atoms with Gasteiger partial charge >= 0.3 is 0 Å². The predicted octanol–water partition coefficient (Wildman–Crippen LogP) is 1.54. The van der Waals surface area contributed by atoms with Crippen LogP contribution in [0, 0.1) is 0 Å². The van der Waals surface area contributed by atoms with E-state index in [-0.39, 0.29) is 0 Å². The lowest BCUT2D eigenvalue weighted by atomic mass is 10.1. The molecule has 2 unspecified atom stereocenters. The molecular weight excluding hydrogens is 224 g/mol. The quantitative estimate of drug-likeness (QED) is 0.855. The van der Waals surface area contributed by atoms with E-state index < -0.39 is 0 Å². The summed E-state index contributed by atoms with van der Waals surface area (Å²) in [5.41, 5.74) is 1.40. The van der Waals surface area contributed by atoms with E-state index in [4.69, 9.17) is 4.74 Å². The molecule has 0 bridgehead atoms. The summed E-state index contributed by atoms with van der Waals surface area (Å²) in [5, 5.41) is 3.39. The normalized spacial score (nSPS) is 22.1. The minimum atomic E-state index is 0.319. The highest BCUT2D eigenvalue weighted by Gasteiger charge is 2.23. The second-order valence-corrected chi connectivity index (χ2v) is 5.07. The van der Waals surface area contributed by atoms with E-state index >= 15 is 0 Å². The highest BCUT2D eigenvalue weighted by atomic mass is 16.5. The van der Waals surface area contributed by atoms with Crippen molar-refractivity contribution in [2.45, 2.75) is 25.5 Å². The molecule has 0 radical (unpaired) electrons. The van der Waals surface area contributed by atoms with Crippen LogP contribution < -0.4 is 5.32 Å². The maximum atomic E-state index is 5.81. The van der Waals surface area contributed by atoms with Gasteiger partial charge in [0.2, 0.25) is 0 Å². The summed E-state index contributed by atoms with van der Waals surface area (Å²) in [6.45, 7) is 6.11. The van der Waals surface area contributed by atoms with E-state index in [1.807, 2.05) is 0 Å². The zero-order chi connectivity index (χ0) is 12.8. The predicted molar refractivity (Wildman–Crippen MR) is 74.8 cm³/mol. The van der Waals surface area contributed by atoms with Gasteiger partial charge in [-0.2, -0.15) is 0 Å². The van der Waals surface area contributed by atoms with Gasteiger partial charge in [0.1, 0.15) is 0 Å². The van der Waals surface area contributed by atoms with Crippen molar-refractivity contribution < 1.29 is 4.74 Å². The number of nitrogens with one attached hydrogen (secondary N) is 1. The van der Waals surface area contributed by atoms with Crippen molar-refractivity contribution >= 4 is 0 Å². The minimum Gasteiger partial charge on any atom is -0.374 e. The van der Waals surface area contributed by atoms with Gasteiger partial charge in [0.15, 0.2) is 0 Å². The van der Waals surface area contributed by atoms with Crippen LogP contribution in [0.25, 0.3) is 0 Å². The van der Waals surface area contributed by atoms with Gasteiger partial charge in [0.25, 0.3) is 0 Å². The Bertz CT molecular complexity index is 336. The maximum Gasteiger partial charge on any atom is 0.0852 e. The van der Waals surface area contributed by atoms with Crippen molar-refractivity contribution in [3.63, 3.8) is 0 Å². The van der Waals surface area contributed by atoms with Gasteiger partial charge in [0.05, 0.1) is 12.7 Å². The van der Waals surface area contributed by atoms with Crippen LogP contribution in [0.1, 0.15) is 12.5 Å². The molecule has 1 fully saturated rings. The highest BCUT2D eigenvalue weighted by molar-refractivity contribution is 5.14. The van der Waals surface area contributed by atoms with Crippen molar-refractivity contribution in [2.75, 3.05) is 33.3 Å². The molecule has 1 aromatic rings. The first-order chi connectivity index (χ1) is 8.77. The van der Waals surface area contributed by atoms with Gasteiger partial charge in [-0.3, -0.25) is 0 Å². The molecule has 2 atom stereocenters. The number of benzene rings is 1. The summed E-state index contributed by atoms with van der Waals surface area (Å²) >= 11 is 0. The summed E-state index contributed by atoms with van der Waals surface area (Å²) in [7, 11) is 2.19. The highest BCUT2D eigenvalue weighted by Crippen LogP contribution is 2.09. The largest absolute Gasteiger partial charge is 0.374 e. The fourth-order valence-electron chi connectivity index (χ4n) is 2.33. The van der Waals surface area contributed by atoms with Crippen LogP contribution >= 0.6 is 0 Å². The van der Waals surface area contributed by atoms with Crippen LogP contribution in [0.2, 0.25) is 0 Å². The molecule has 100 valence electrons. The fourth-order valence-corrected chi connectivity index (χ4v) is 2.33. The molecule has 0 amide bonds. The first-order valence-corrected chi connectivity index (χ1v) is 6.84. The molecule has 1 N–H and O–H groups in total. The summed E-state index contributed by atoms with van der Waals surface area (Å²) in [6, 6.07) is 11.1. The topological polar surface area (TPSA) is 24.5 Å². The second-order valence-electron chi connectivity index (χ2n) is 5.07. The monoisotopic (exact) mass is 248 g/mol. The van der Waals surface area contributed by atoms with E-state index in [0.717, 1.165) is 32.7 Å². The average molecular weight is 248 g/mol. The van der Waals surface area contributed by atoms with Crippen molar-refractivity contribution in [3.05, 3.63) is 35.9 Å². The molecule has 0 saturated carbocycles. The van der Waals surface area contributed by atoms with Crippen LogP contribution in [0.15, 0.2) is 30.3 Å². The molecule has 3 nitrogen and oxygen atoms in total. The van der Waals surface area contributed by atoms with E-state index in [0.29, 0.717) is 12.1 Å². The standard InChI is InChI=1S/C15H24N2O/c1-13(15-12-16-9-11-18-15)17(2)10-8-14-6-4-3-5-7-14/h3-7,13,15-16H,8-12H2,1-2H3. The van der Waals surface area contributed by atoms with Gasteiger partial charge in [-0.05, 0) is 26.0 Å². The van der Waals surface area contributed by atoms with Crippen molar-refractivity contribution in [1.29, 1.82) is 0 Å². The Hall–Kier alpha value is -0.900. The Morgan fingerprint density at radius 3 is 2.83 bits per heavy atom. The zero-order valence-electron chi connectivity index (χ0n) is 11.4. The molecule has 0 spiro atoms. The van der Waals surface area contributed by atoms with Crippen molar-refractivity contribution in [1.82, 2.24) is 10.2 Å². The lowest BCUT2D eigenvalue weighted by molar-refractivity contribution is -0.0197. The molecule has 0 aromatic heterocycles. The van der Waals surface area contributed by atoms with E-state index in [1.54, 1.807) is 0 Å². The van der Waals surface area contributed by atoms with E-state index in [1.165, 1.54) is 5.56 Å². The SMILES string of the molecule is CC(C1CNCCO1)N(C)CCc1ccccc1. The van der Waals surface area contributed by atoms with Crippen LogP contribution in [0.3, 0.4) is 0 Å². The molecular formula is C15H24N2O. The summed E-state index contributed by atoms with van der Waals surface area (Å²) < 4.78 is 5.81. The first-order valence-electron chi connectivity index (χ1n) is 6.84. The lowest BCUT2D eigenvalue weighted by Crippen LogP contribution is -2.50. The van der Waals surface area contributed by atoms with Crippen LogP contribution in [-0.2, 0) is 11.2 Å². The van der Waals surface area contributed by atoms with E-state index in [2.05, 4.69) is 54.5 Å². The number of ether oxygens (including phenoxy) is 1. The molecule has 0 aliphatic carbocycles. The Morgan fingerprint density at radius 1 is 1.39 bits per heavy atom. The smallest absolute Gasteiger partial charge is 0.0852 e. The molecule has 1 aromatic carbocycles. The number of hydrogen-bond acceptors (Lipinski definition) is 3. The maximum absolute atomic E-state index is 5.81. The van der Waals surface area contributed by atoms with Crippen LogP contribution in [0.5, 0.6) is 0 Å². The van der Waals surface area contributed by atoms with Crippen molar-refractivity contribution in [2.24, 2.45) is 0 Å². The third-order valence-electron chi connectivity index (χ3n) is 3.79. The number of likely N-dealkylation sites (N-methyl/N-ethyl adjacent to an activating group) is 1. The molecule has 18 heavy (non-hydrogen) atoms. The first kappa shape index (κ1) is 13.5. The number of hydrogen-bond donors (Lipinski definition) is 1. The van der Waals surface area contributed by atoms with E-state index in [9.17, 15) is 0 Å². The molecule has 1 saturated heterocycles. The summed E-state index contributed by atoms with van der Waals surface area (Å²) in [4.78, 5) is 2.39. The van der Waals surface area contributed by atoms with Crippen molar-refractivity contribution in [3.8, 4) is 0 Å². The lowest BCUT2D eigenvalue weighted by Gasteiger charge is -2.34. The average Bonchev–Trinajstić information content (AvgIpc) is 2.46. The van der Waals surface area contributed by atoms with Crippen LogP contribution in [0.4, 0.5) is 0 Å². The van der Waals surface area contributed by atoms with Gasteiger partial charge in [-0.25, -0.2) is 0 Å². The minimum absolute atomic E-state index is 0.319. The fraction of sp³-hybridized carbons (Fsp3) is 0.600. The third-order valence-corrected chi connectivity index (χ3v) is 3.79. The summed E-state index contributed by atoms with van der Waals surface area (Å²) in [6.07, 6.45) is 1.42. The number of nitrogens with zero attached hydrogens (tertiary/aromatic N) is 1. The third kappa shape index (κ3) is 3.80. The molecule has 1 aliphatic rings. The van der Waals surface area contributed by atoms with Gasteiger partial charge in [-0.1, -0.05) is 30.3 Å². The zero-order valence-corrected chi connectivity index (χ0v) is 11.4. The second kappa shape index (κ2) is 6.88. The molecule has 1 aliphatic heterocycles. The Kier molecular flexibility index (Phi) is 5.17. The van der Waals surface area contributed by atoms with Gasteiger partial charge < -0.3 is 15.0 Å². The number of rotatable bonds is 5. The molecule has 2 rings (SSSR count). The van der Waals surface area contributed by atoms with Gasteiger partial charge in [0, 0.05) is 25.7 Å². The Morgan fingerprint density at radius 2 is 2.17 bits per heavy atom. The van der Waals surface area contributed by atoms with Gasteiger partial charge in [-0.15, -0.1) is 0 Å². The summed E-state index contributed by atoms with van der Waals surface area (Å²) in [5.74, 6) is 0. The molecule has 1 heterocycles. The Labute approximate surface area is 110 Å². The van der Waals surface area contributed by atoms with Crippen LogP contribution in [-0.4, -0.2) is 50.3 Å². The molecule has 3 heteroatoms. The Balaban J connectivity index is 1.78. The number of morpholine rings is 1.